The quantitative estimate of drug-likeness (QED) is 0.924. The molecule has 5 heteroatoms. The van der Waals surface area contributed by atoms with Gasteiger partial charge < -0.3 is 5.32 Å². The molecule has 94 valence electrons. The largest absolute Gasteiger partial charge is 0.306 e. The van der Waals surface area contributed by atoms with E-state index in [1.165, 1.54) is 0 Å². The third kappa shape index (κ3) is 3.18. The Labute approximate surface area is 119 Å². The highest BCUT2D eigenvalue weighted by Crippen LogP contribution is 2.17. The highest BCUT2D eigenvalue weighted by molar-refractivity contribution is 9.10. The van der Waals surface area contributed by atoms with Crippen molar-refractivity contribution in [2.75, 3.05) is 5.32 Å². The van der Waals surface area contributed by atoms with Gasteiger partial charge in [-0.05, 0) is 58.7 Å². The van der Waals surface area contributed by atoms with Gasteiger partial charge in [-0.15, -0.1) is 0 Å². The lowest BCUT2D eigenvalue weighted by atomic mass is 10.1. The second-order valence-electron chi connectivity index (χ2n) is 3.96. The lowest BCUT2D eigenvalue weighted by Crippen LogP contribution is -2.13. The van der Waals surface area contributed by atoms with Crippen LogP contribution in [0, 0.1) is 18.3 Å². The minimum Gasteiger partial charge on any atom is -0.306 e. The molecular weight excluding hydrogens is 306 g/mol. The van der Waals surface area contributed by atoms with E-state index in [1.807, 2.05) is 19.1 Å². The average molecular weight is 316 g/mol. The van der Waals surface area contributed by atoms with Gasteiger partial charge in [-0.1, -0.05) is 0 Å². The first-order chi connectivity index (χ1) is 9.10. The summed E-state index contributed by atoms with van der Waals surface area (Å²) in [4.78, 5) is 16.2. The number of aryl methyl sites for hydroxylation is 1. The van der Waals surface area contributed by atoms with E-state index in [0.29, 0.717) is 16.9 Å². The van der Waals surface area contributed by atoms with Gasteiger partial charge in [0.1, 0.15) is 5.82 Å². The molecule has 0 fully saturated rings. The van der Waals surface area contributed by atoms with Crippen molar-refractivity contribution < 1.29 is 4.79 Å². The molecule has 0 saturated carbocycles. The zero-order valence-corrected chi connectivity index (χ0v) is 11.7. The van der Waals surface area contributed by atoms with Crippen LogP contribution in [0.1, 0.15) is 21.5 Å². The topological polar surface area (TPSA) is 65.8 Å². The third-order valence-electron chi connectivity index (χ3n) is 2.55. The van der Waals surface area contributed by atoms with Gasteiger partial charge in [-0.3, -0.25) is 4.79 Å². The minimum atomic E-state index is -0.248. The van der Waals surface area contributed by atoms with Gasteiger partial charge in [0.05, 0.1) is 11.6 Å². The molecule has 1 aromatic heterocycles. The second-order valence-corrected chi connectivity index (χ2v) is 4.88. The molecule has 0 atom stereocenters. The number of nitrogens with one attached hydrogen (secondary N) is 1. The summed E-state index contributed by atoms with van der Waals surface area (Å²) in [5.41, 5.74) is 1.88. The first-order valence-electron chi connectivity index (χ1n) is 5.54. The molecule has 0 aliphatic carbocycles. The molecule has 0 spiro atoms. The third-order valence-corrected chi connectivity index (χ3v) is 2.99. The van der Waals surface area contributed by atoms with Gasteiger partial charge in [-0.25, -0.2) is 4.98 Å². The Morgan fingerprint density at radius 1 is 1.37 bits per heavy atom. The molecule has 0 bridgehead atoms. The normalized spacial score (nSPS) is 9.74. The summed E-state index contributed by atoms with van der Waals surface area (Å²) in [5, 5.41) is 11.4. The van der Waals surface area contributed by atoms with Crippen molar-refractivity contribution in [3.05, 3.63) is 57.7 Å². The highest BCUT2D eigenvalue weighted by Gasteiger charge is 2.08. The number of carbonyl (C=O) groups is 1. The number of hydrogen-bond donors (Lipinski definition) is 1. The van der Waals surface area contributed by atoms with Crippen LogP contribution in [0.15, 0.2) is 41.0 Å². The van der Waals surface area contributed by atoms with Crippen LogP contribution >= 0.6 is 15.9 Å². The number of aromatic nitrogens is 1. The number of pyridine rings is 1. The summed E-state index contributed by atoms with van der Waals surface area (Å²) >= 11 is 3.32. The number of rotatable bonds is 2. The molecule has 1 heterocycles. The van der Waals surface area contributed by atoms with E-state index in [4.69, 9.17) is 5.26 Å². The SMILES string of the molecule is Cc1cc(Br)cnc1NC(=O)c1ccc(C#N)cc1. The van der Waals surface area contributed by atoms with E-state index in [2.05, 4.69) is 26.2 Å². The molecule has 19 heavy (non-hydrogen) atoms. The van der Waals surface area contributed by atoms with E-state index >= 15 is 0 Å². The van der Waals surface area contributed by atoms with E-state index in [-0.39, 0.29) is 5.91 Å². The van der Waals surface area contributed by atoms with E-state index < -0.39 is 0 Å². The van der Waals surface area contributed by atoms with E-state index in [1.54, 1.807) is 30.5 Å². The summed E-state index contributed by atoms with van der Waals surface area (Å²) in [6.45, 7) is 1.87. The maximum absolute atomic E-state index is 12.0. The van der Waals surface area contributed by atoms with Crippen LogP contribution in [0.3, 0.4) is 0 Å². The number of nitrogens with zero attached hydrogens (tertiary/aromatic N) is 2. The zero-order chi connectivity index (χ0) is 13.8. The molecular formula is C14H10BrN3O. The van der Waals surface area contributed by atoms with E-state index in [9.17, 15) is 4.79 Å². The number of anilines is 1. The molecule has 1 N–H and O–H groups in total. The highest BCUT2D eigenvalue weighted by atomic mass is 79.9. The van der Waals surface area contributed by atoms with Crippen molar-refractivity contribution in [1.82, 2.24) is 4.98 Å². The van der Waals surface area contributed by atoms with Crippen LogP contribution in [0.2, 0.25) is 0 Å². The Bertz CT molecular complexity index is 659. The summed E-state index contributed by atoms with van der Waals surface area (Å²) in [6, 6.07) is 10.3. The smallest absolute Gasteiger partial charge is 0.256 e. The van der Waals surface area contributed by atoms with Gasteiger partial charge in [0.2, 0.25) is 0 Å². The zero-order valence-electron chi connectivity index (χ0n) is 10.1. The first-order valence-corrected chi connectivity index (χ1v) is 6.33. The Kier molecular flexibility index (Phi) is 3.93. The van der Waals surface area contributed by atoms with Crippen molar-refractivity contribution in [1.29, 1.82) is 5.26 Å². The molecule has 1 aromatic carbocycles. The number of amides is 1. The van der Waals surface area contributed by atoms with Gasteiger partial charge >= 0.3 is 0 Å². The maximum atomic E-state index is 12.0. The minimum absolute atomic E-state index is 0.248. The molecule has 0 aliphatic rings. The first kappa shape index (κ1) is 13.2. The fraction of sp³-hybridized carbons (Fsp3) is 0.0714. The van der Waals surface area contributed by atoms with Crippen LogP contribution in [0.5, 0.6) is 0 Å². The molecule has 1 amide bonds. The standard InChI is InChI=1S/C14H10BrN3O/c1-9-6-12(15)8-17-13(9)18-14(19)11-4-2-10(7-16)3-5-11/h2-6,8H,1H3,(H,17,18,19). The van der Waals surface area contributed by atoms with Crippen molar-refractivity contribution in [3.63, 3.8) is 0 Å². The molecule has 2 aromatic rings. The van der Waals surface area contributed by atoms with Gasteiger partial charge in [-0.2, -0.15) is 5.26 Å². The van der Waals surface area contributed by atoms with Gasteiger partial charge in [0.15, 0.2) is 0 Å². The summed E-state index contributed by atoms with van der Waals surface area (Å²) in [6.07, 6.45) is 1.63. The van der Waals surface area contributed by atoms with Crippen molar-refractivity contribution in [3.8, 4) is 6.07 Å². The van der Waals surface area contributed by atoms with Crippen LogP contribution < -0.4 is 5.32 Å². The van der Waals surface area contributed by atoms with Gasteiger partial charge in [0, 0.05) is 16.2 Å². The Morgan fingerprint density at radius 3 is 2.63 bits per heavy atom. The number of hydrogen-bond acceptors (Lipinski definition) is 3. The monoisotopic (exact) mass is 315 g/mol. The molecule has 0 aliphatic heterocycles. The van der Waals surface area contributed by atoms with Crippen LogP contribution in [0.25, 0.3) is 0 Å². The van der Waals surface area contributed by atoms with Crippen LogP contribution in [0.4, 0.5) is 5.82 Å². The number of halogens is 1. The van der Waals surface area contributed by atoms with Crippen molar-refractivity contribution >= 4 is 27.7 Å². The maximum Gasteiger partial charge on any atom is 0.256 e. The van der Waals surface area contributed by atoms with Crippen molar-refractivity contribution in [2.45, 2.75) is 6.92 Å². The summed E-state index contributed by atoms with van der Waals surface area (Å²) < 4.78 is 0.862. The second kappa shape index (κ2) is 5.63. The Hall–Kier alpha value is -2.19. The number of benzene rings is 1. The summed E-state index contributed by atoms with van der Waals surface area (Å²) in [5.74, 6) is 0.278. The fourth-order valence-electron chi connectivity index (χ4n) is 1.55. The molecule has 2 rings (SSSR count). The average Bonchev–Trinajstić information content (AvgIpc) is 2.42. The van der Waals surface area contributed by atoms with Crippen molar-refractivity contribution in [2.24, 2.45) is 0 Å². The predicted octanol–water partition coefficient (Wildman–Crippen LogP) is 3.28. The lowest BCUT2D eigenvalue weighted by molar-refractivity contribution is 0.102. The molecule has 4 nitrogen and oxygen atoms in total. The lowest BCUT2D eigenvalue weighted by Gasteiger charge is -2.07. The number of carbonyl (C=O) groups excluding carboxylic acids is 1. The molecule has 0 unspecified atom stereocenters. The Balaban J connectivity index is 2.18. The summed E-state index contributed by atoms with van der Waals surface area (Å²) in [7, 11) is 0. The van der Waals surface area contributed by atoms with Crippen LogP contribution in [-0.4, -0.2) is 10.9 Å². The molecule has 0 saturated heterocycles. The van der Waals surface area contributed by atoms with Crippen LogP contribution in [-0.2, 0) is 0 Å². The fourth-order valence-corrected chi connectivity index (χ4v) is 1.99. The number of nitriles is 1. The Morgan fingerprint density at radius 2 is 2.05 bits per heavy atom. The molecule has 0 radical (unpaired) electrons. The van der Waals surface area contributed by atoms with Gasteiger partial charge in [0.25, 0.3) is 5.91 Å². The predicted molar refractivity (Wildman–Crippen MR) is 75.8 cm³/mol. The van der Waals surface area contributed by atoms with E-state index in [0.717, 1.165) is 10.0 Å².